The van der Waals surface area contributed by atoms with Gasteiger partial charge in [-0.2, -0.15) is 16.7 Å². The summed E-state index contributed by atoms with van der Waals surface area (Å²) in [5, 5.41) is 7.34. The fourth-order valence-electron chi connectivity index (χ4n) is 2.08. The second kappa shape index (κ2) is 5.07. The quantitative estimate of drug-likeness (QED) is 0.905. The second-order valence-corrected chi connectivity index (χ2v) is 5.31. The van der Waals surface area contributed by atoms with Crippen molar-refractivity contribution < 1.29 is 4.52 Å². The predicted molar refractivity (Wildman–Crippen MR) is 70.4 cm³/mol. The molecule has 3 rings (SSSR count). The van der Waals surface area contributed by atoms with Crippen LogP contribution in [0.1, 0.15) is 11.8 Å². The van der Waals surface area contributed by atoms with Crippen molar-refractivity contribution in [3.8, 4) is 11.4 Å². The molecule has 0 bridgehead atoms. The van der Waals surface area contributed by atoms with Crippen molar-refractivity contribution in [2.24, 2.45) is 0 Å². The minimum atomic E-state index is 0.304. The Kier molecular flexibility index (Phi) is 3.29. The van der Waals surface area contributed by atoms with Crippen LogP contribution in [0.15, 0.2) is 29.0 Å². The normalized spacial score (nSPS) is 23.4. The number of hydrogen-bond acceptors (Lipinski definition) is 6. The van der Waals surface area contributed by atoms with Gasteiger partial charge in [-0.05, 0) is 19.2 Å². The van der Waals surface area contributed by atoms with Crippen LogP contribution in [0.5, 0.6) is 0 Å². The summed E-state index contributed by atoms with van der Waals surface area (Å²) in [6, 6.07) is 4.21. The molecule has 0 spiro atoms. The Morgan fingerprint density at radius 2 is 2.39 bits per heavy atom. The molecule has 0 aliphatic carbocycles. The van der Waals surface area contributed by atoms with Crippen LogP contribution < -0.4 is 5.32 Å². The molecule has 3 heterocycles. The van der Waals surface area contributed by atoms with E-state index in [2.05, 4.69) is 20.4 Å². The first-order chi connectivity index (χ1) is 8.88. The van der Waals surface area contributed by atoms with Gasteiger partial charge in [0.1, 0.15) is 0 Å². The van der Waals surface area contributed by atoms with Crippen LogP contribution in [0.25, 0.3) is 11.4 Å². The molecule has 1 fully saturated rings. The average molecular weight is 262 g/mol. The molecule has 1 aliphatic heterocycles. The van der Waals surface area contributed by atoms with E-state index in [1.165, 1.54) is 0 Å². The fourth-order valence-corrected chi connectivity index (χ4v) is 3.50. The van der Waals surface area contributed by atoms with E-state index in [1.54, 1.807) is 12.4 Å². The first-order valence-electron chi connectivity index (χ1n) is 5.87. The molecule has 0 aromatic carbocycles. The van der Waals surface area contributed by atoms with Crippen molar-refractivity contribution in [2.75, 3.05) is 18.6 Å². The highest BCUT2D eigenvalue weighted by Crippen LogP contribution is 2.32. The summed E-state index contributed by atoms with van der Waals surface area (Å²) < 4.78 is 5.39. The summed E-state index contributed by atoms with van der Waals surface area (Å²) in [5.41, 5.74) is 0.888. The minimum absolute atomic E-state index is 0.304. The van der Waals surface area contributed by atoms with E-state index in [1.807, 2.05) is 30.9 Å². The number of likely N-dealkylation sites (N-methyl/N-ethyl adjacent to an activating group) is 1. The zero-order valence-corrected chi connectivity index (χ0v) is 10.9. The lowest BCUT2D eigenvalue weighted by Gasteiger charge is -2.13. The number of thioether (sulfide) groups is 1. The van der Waals surface area contributed by atoms with Gasteiger partial charge < -0.3 is 9.84 Å². The number of aromatic nitrogens is 3. The Hall–Kier alpha value is -1.40. The van der Waals surface area contributed by atoms with Crippen LogP contribution in [0.3, 0.4) is 0 Å². The summed E-state index contributed by atoms with van der Waals surface area (Å²) >= 11 is 1.91. The summed E-state index contributed by atoms with van der Waals surface area (Å²) in [4.78, 5) is 8.55. The van der Waals surface area contributed by atoms with Crippen LogP contribution in [0.2, 0.25) is 0 Å². The van der Waals surface area contributed by atoms with Crippen molar-refractivity contribution in [1.29, 1.82) is 0 Å². The molecule has 1 aliphatic rings. The molecule has 2 unspecified atom stereocenters. The van der Waals surface area contributed by atoms with Crippen molar-refractivity contribution in [2.45, 2.75) is 12.0 Å². The van der Waals surface area contributed by atoms with Gasteiger partial charge >= 0.3 is 0 Å². The van der Waals surface area contributed by atoms with E-state index in [-0.39, 0.29) is 0 Å². The molecule has 18 heavy (non-hydrogen) atoms. The first-order valence-corrected chi connectivity index (χ1v) is 7.03. The van der Waals surface area contributed by atoms with Gasteiger partial charge in [0.05, 0.1) is 5.92 Å². The Bertz CT molecular complexity index is 516. The maximum atomic E-state index is 5.39. The van der Waals surface area contributed by atoms with Crippen LogP contribution in [-0.4, -0.2) is 39.7 Å². The zero-order valence-electron chi connectivity index (χ0n) is 10.0. The third-order valence-corrected chi connectivity index (χ3v) is 4.32. The maximum absolute atomic E-state index is 5.39. The van der Waals surface area contributed by atoms with Gasteiger partial charge in [0.2, 0.25) is 11.7 Å². The summed E-state index contributed by atoms with van der Waals surface area (Å²) in [5.74, 6) is 3.76. The predicted octanol–water partition coefficient (Wildman–Crippen LogP) is 1.55. The number of pyridine rings is 1. The molecule has 0 amide bonds. The smallest absolute Gasteiger partial charge is 0.232 e. The highest BCUT2D eigenvalue weighted by atomic mass is 32.2. The second-order valence-electron chi connectivity index (χ2n) is 4.24. The molecule has 0 radical (unpaired) electrons. The minimum Gasteiger partial charge on any atom is -0.339 e. The van der Waals surface area contributed by atoms with Gasteiger partial charge in [0.15, 0.2) is 0 Å². The zero-order chi connectivity index (χ0) is 12.4. The first kappa shape index (κ1) is 11.7. The molecule has 0 saturated carbocycles. The Labute approximate surface area is 109 Å². The van der Waals surface area contributed by atoms with Gasteiger partial charge in [-0.1, -0.05) is 5.16 Å². The molecule has 6 heteroatoms. The average Bonchev–Trinajstić information content (AvgIpc) is 3.08. The Morgan fingerprint density at radius 1 is 1.44 bits per heavy atom. The lowest BCUT2D eigenvalue weighted by Crippen LogP contribution is -2.31. The molecule has 1 saturated heterocycles. The van der Waals surface area contributed by atoms with Gasteiger partial charge in [-0.3, -0.25) is 4.98 Å². The Balaban J connectivity index is 1.86. The Morgan fingerprint density at radius 3 is 3.17 bits per heavy atom. The molecule has 1 N–H and O–H groups in total. The third kappa shape index (κ3) is 2.13. The van der Waals surface area contributed by atoms with Gasteiger partial charge in [0, 0.05) is 35.5 Å². The fraction of sp³-hybridized carbons (Fsp3) is 0.417. The monoisotopic (exact) mass is 262 g/mol. The largest absolute Gasteiger partial charge is 0.339 e. The topological polar surface area (TPSA) is 63.8 Å². The molecule has 2 aromatic heterocycles. The van der Waals surface area contributed by atoms with Crippen molar-refractivity contribution >= 4 is 11.8 Å². The number of hydrogen-bond donors (Lipinski definition) is 1. The van der Waals surface area contributed by atoms with E-state index >= 15 is 0 Å². The van der Waals surface area contributed by atoms with Crippen LogP contribution in [0, 0.1) is 0 Å². The van der Waals surface area contributed by atoms with Crippen LogP contribution in [-0.2, 0) is 0 Å². The maximum Gasteiger partial charge on any atom is 0.232 e. The summed E-state index contributed by atoms with van der Waals surface area (Å²) in [7, 11) is 1.97. The van der Waals surface area contributed by atoms with E-state index in [0.29, 0.717) is 17.8 Å². The van der Waals surface area contributed by atoms with E-state index in [4.69, 9.17) is 4.52 Å². The highest BCUT2D eigenvalue weighted by molar-refractivity contribution is 7.99. The van der Waals surface area contributed by atoms with E-state index in [0.717, 1.165) is 23.0 Å². The van der Waals surface area contributed by atoms with E-state index in [9.17, 15) is 0 Å². The number of rotatable bonds is 3. The standard InChI is InChI=1S/C12H14N4OS/c1-13-10-7-18-6-9(10)12-15-11(16-17-12)8-3-2-4-14-5-8/h2-5,9-10,13H,6-7H2,1H3. The van der Waals surface area contributed by atoms with Gasteiger partial charge in [-0.15, -0.1) is 0 Å². The summed E-state index contributed by atoms with van der Waals surface area (Å²) in [6.45, 7) is 0. The van der Waals surface area contributed by atoms with Gasteiger partial charge in [-0.25, -0.2) is 0 Å². The van der Waals surface area contributed by atoms with E-state index < -0.39 is 0 Å². The molecule has 2 atom stereocenters. The third-order valence-electron chi connectivity index (χ3n) is 3.13. The lowest BCUT2D eigenvalue weighted by atomic mass is 10.0. The molecular formula is C12H14N4OS. The summed E-state index contributed by atoms with van der Waals surface area (Å²) in [6.07, 6.45) is 3.47. The highest BCUT2D eigenvalue weighted by Gasteiger charge is 2.32. The van der Waals surface area contributed by atoms with Gasteiger partial charge in [0.25, 0.3) is 0 Å². The SMILES string of the molecule is CNC1CSCC1c1nc(-c2cccnc2)no1. The van der Waals surface area contributed by atoms with Crippen molar-refractivity contribution in [3.63, 3.8) is 0 Å². The molecular weight excluding hydrogens is 248 g/mol. The van der Waals surface area contributed by atoms with Crippen LogP contribution >= 0.6 is 11.8 Å². The van der Waals surface area contributed by atoms with Crippen LogP contribution in [0.4, 0.5) is 0 Å². The molecule has 5 nitrogen and oxygen atoms in total. The van der Waals surface area contributed by atoms with Crippen molar-refractivity contribution in [1.82, 2.24) is 20.4 Å². The van der Waals surface area contributed by atoms with Crippen molar-refractivity contribution in [3.05, 3.63) is 30.4 Å². The molecule has 2 aromatic rings. The lowest BCUT2D eigenvalue weighted by molar-refractivity contribution is 0.344. The molecule has 94 valence electrons. The number of nitrogens with zero attached hydrogens (tertiary/aromatic N) is 3. The number of nitrogens with one attached hydrogen (secondary N) is 1.